The van der Waals surface area contributed by atoms with Gasteiger partial charge in [0, 0.05) is 0 Å². The van der Waals surface area contributed by atoms with Crippen LogP contribution in [0.3, 0.4) is 0 Å². The van der Waals surface area contributed by atoms with Crippen LogP contribution in [0.1, 0.15) is 22.3 Å². The lowest BCUT2D eigenvalue weighted by molar-refractivity contribution is -0.264. The minimum atomic E-state index is -5.13. The predicted octanol–water partition coefficient (Wildman–Crippen LogP) is 3.55. The van der Waals surface area contributed by atoms with Gasteiger partial charge in [-0.25, -0.2) is 4.39 Å². The van der Waals surface area contributed by atoms with Gasteiger partial charge in [-0.05, 0) is 23.8 Å². The van der Waals surface area contributed by atoms with Crippen molar-refractivity contribution in [3.63, 3.8) is 0 Å². The van der Waals surface area contributed by atoms with Crippen LogP contribution in [0.2, 0.25) is 0 Å². The smallest absolute Gasteiger partial charge is 0.421 e. The summed E-state index contributed by atoms with van der Waals surface area (Å²) >= 11 is 0. The van der Waals surface area contributed by atoms with E-state index in [0.29, 0.717) is 6.07 Å². The van der Waals surface area contributed by atoms with Gasteiger partial charge < -0.3 is 10.2 Å². The van der Waals surface area contributed by atoms with Crippen molar-refractivity contribution in [3.05, 3.63) is 65.5 Å². The molecule has 2 N–H and O–H groups in total. The highest BCUT2D eigenvalue weighted by Crippen LogP contribution is 2.42. The highest BCUT2D eigenvalue weighted by atomic mass is 19.4. The number of aromatic hydroxyl groups is 1. The van der Waals surface area contributed by atoms with E-state index in [1.54, 1.807) is 0 Å². The molecule has 0 aliphatic carbocycles. The number of phenolic OH excluding ortho intramolecular Hbond substituents is 1. The minimum Gasteiger partial charge on any atom is -0.507 e. The summed E-state index contributed by atoms with van der Waals surface area (Å²) < 4.78 is 53.1. The van der Waals surface area contributed by atoms with Gasteiger partial charge in [-0.15, -0.1) is 0 Å². The lowest BCUT2D eigenvalue weighted by Gasteiger charge is -2.30. The summed E-state index contributed by atoms with van der Waals surface area (Å²) in [5.74, 6) is -2.78. The maximum atomic E-state index is 13.3. The van der Waals surface area contributed by atoms with E-state index in [4.69, 9.17) is 0 Å². The SMILES string of the molecule is O=C(C[C@](O)(c1ccccc1)C(F)(F)F)c1cc(F)ccc1O. The predicted molar refractivity (Wildman–Crippen MR) is 73.4 cm³/mol. The number of rotatable bonds is 4. The lowest BCUT2D eigenvalue weighted by atomic mass is 9.86. The Balaban J connectivity index is 2.43. The van der Waals surface area contributed by atoms with E-state index in [9.17, 15) is 32.6 Å². The minimum absolute atomic E-state index is 0.517. The molecule has 2 aromatic carbocycles. The second-order valence-corrected chi connectivity index (χ2v) is 4.99. The zero-order valence-electron chi connectivity index (χ0n) is 11.6. The molecule has 7 heteroatoms. The van der Waals surface area contributed by atoms with E-state index in [-0.39, 0.29) is 0 Å². The van der Waals surface area contributed by atoms with Gasteiger partial charge in [0.1, 0.15) is 11.6 Å². The molecule has 2 rings (SSSR count). The third kappa shape index (κ3) is 3.34. The monoisotopic (exact) mass is 328 g/mol. The fraction of sp³-hybridized carbons (Fsp3) is 0.188. The number of halogens is 4. The lowest BCUT2D eigenvalue weighted by Crippen LogP contribution is -2.44. The van der Waals surface area contributed by atoms with Gasteiger partial charge in [-0.2, -0.15) is 13.2 Å². The van der Waals surface area contributed by atoms with Crippen LogP contribution in [0, 0.1) is 5.82 Å². The van der Waals surface area contributed by atoms with E-state index in [1.807, 2.05) is 0 Å². The van der Waals surface area contributed by atoms with Gasteiger partial charge in [-0.3, -0.25) is 4.79 Å². The van der Waals surface area contributed by atoms with Gasteiger partial charge in [0.2, 0.25) is 0 Å². The van der Waals surface area contributed by atoms with Crippen molar-refractivity contribution in [1.82, 2.24) is 0 Å². The van der Waals surface area contributed by atoms with E-state index < -0.39 is 46.7 Å². The zero-order valence-corrected chi connectivity index (χ0v) is 11.6. The standard InChI is InChI=1S/C16H12F4O3/c17-11-6-7-13(21)12(8-11)14(22)9-15(23,16(18,19)20)10-4-2-1-3-5-10/h1-8,21,23H,9H2/t15-/m0/s1. The molecule has 0 radical (unpaired) electrons. The summed E-state index contributed by atoms with van der Waals surface area (Å²) in [6, 6.07) is 8.45. The summed E-state index contributed by atoms with van der Waals surface area (Å²) in [6.45, 7) is 0. The second kappa shape index (κ2) is 6.00. The van der Waals surface area contributed by atoms with Gasteiger partial charge >= 0.3 is 6.18 Å². The maximum absolute atomic E-state index is 13.3. The molecular weight excluding hydrogens is 316 g/mol. The van der Waals surface area contributed by atoms with E-state index >= 15 is 0 Å². The Morgan fingerprint density at radius 1 is 1.04 bits per heavy atom. The average Bonchev–Trinajstić information content (AvgIpc) is 2.49. The topological polar surface area (TPSA) is 57.5 Å². The molecule has 0 aliphatic heterocycles. The number of alkyl halides is 3. The van der Waals surface area contributed by atoms with Gasteiger partial charge in [0.25, 0.3) is 0 Å². The number of phenols is 1. The Kier molecular flexibility index (Phi) is 4.42. The highest BCUT2D eigenvalue weighted by Gasteiger charge is 2.56. The first-order chi connectivity index (χ1) is 10.6. The first kappa shape index (κ1) is 17.0. The zero-order chi connectivity index (χ0) is 17.3. The van der Waals surface area contributed by atoms with Crippen LogP contribution in [0.4, 0.5) is 17.6 Å². The molecule has 122 valence electrons. The molecule has 0 aromatic heterocycles. The summed E-state index contributed by atoms with van der Waals surface area (Å²) in [5.41, 5.74) is -4.58. The van der Waals surface area contributed by atoms with Crippen molar-refractivity contribution in [2.75, 3.05) is 0 Å². The average molecular weight is 328 g/mol. The Hall–Kier alpha value is -2.41. The van der Waals surface area contributed by atoms with Crippen LogP contribution >= 0.6 is 0 Å². The molecule has 0 fully saturated rings. The number of aliphatic hydroxyl groups is 1. The van der Waals surface area contributed by atoms with Crippen molar-refractivity contribution in [3.8, 4) is 5.75 Å². The molecule has 0 bridgehead atoms. The molecule has 3 nitrogen and oxygen atoms in total. The van der Waals surface area contributed by atoms with Gasteiger partial charge in [0.05, 0.1) is 12.0 Å². The first-order valence-electron chi connectivity index (χ1n) is 6.51. The molecule has 23 heavy (non-hydrogen) atoms. The van der Waals surface area contributed by atoms with Crippen molar-refractivity contribution in [1.29, 1.82) is 0 Å². The quantitative estimate of drug-likeness (QED) is 0.666. The van der Waals surface area contributed by atoms with Crippen LogP contribution in [0.5, 0.6) is 5.75 Å². The summed E-state index contributed by atoms with van der Waals surface area (Å²) in [7, 11) is 0. The molecule has 0 heterocycles. The van der Waals surface area contributed by atoms with Crippen LogP contribution in [-0.4, -0.2) is 22.2 Å². The van der Waals surface area contributed by atoms with Crippen molar-refractivity contribution < 1.29 is 32.6 Å². The van der Waals surface area contributed by atoms with Crippen molar-refractivity contribution in [2.24, 2.45) is 0 Å². The van der Waals surface area contributed by atoms with Crippen molar-refractivity contribution >= 4 is 5.78 Å². The number of carbonyl (C=O) groups excluding carboxylic acids is 1. The number of Topliss-reactive ketones (excluding diaryl/α,β-unsaturated/α-hetero) is 1. The molecule has 0 unspecified atom stereocenters. The number of ketones is 1. The van der Waals surface area contributed by atoms with Crippen LogP contribution in [0.15, 0.2) is 48.5 Å². The number of benzene rings is 2. The van der Waals surface area contributed by atoms with Crippen LogP contribution in [0.25, 0.3) is 0 Å². The molecule has 1 atom stereocenters. The number of hydrogen-bond donors (Lipinski definition) is 2. The van der Waals surface area contributed by atoms with E-state index in [2.05, 4.69) is 0 Å². The molecule has 0 amide bonds. The Morgan fingerprint density at radius 3 is 2.22 bits per heavy atom. The van der Waals surface area contributed by atoms with Gasteiger partial charge in [-0.1, -0.05) is 30.3 Å². The molecular formula is C16H12F4O3. The molecule has 0 spiro atoms. The van der Waals surface area contributed by atoms with E-state index in [0.717, 1.165) is 24.3 Å². The molecule has 2 aromatic rings. The normalized spacial score (nSPS) is 14.3. The second-order valence-electron chi connectivity index (χ2n) is 4.99. The first-order valence-corrected chi connectivity index (χ1v) is 6.51. The van der Waals surface area contributed by atoms with Crippen LogP contribution < -0.4 is 0 Å². The Labute approximate surface area is 128 Å². The van der Waals surface area contributed by atoms with Gasteiger partial charge in [0.15, 0.2) is 11.4 Å². The third-order valence-corrected chi connectivity index (χ3v) is 3.40. The summed E-state index contributed by atoms with van der Waals surface area (Å²) in [4.78, 5) is 12.1. The fourth-order valence-electron chi connectivity index (χ4n) is 2.14. The Morgan fingerprint density at radius 2 is 1.65 bits per heavy atom. The Bertz CT molecular complexity index is 713. The number of hydrogen-bond acceptors (Lipinski definition) is 3. The molecule has 0 saturated heterocycles. The third-order valence-electron chi connectivity index (χ3n) is 3.40. The van der Waals surface area contributed by atoms with E-state index in [1.165, 1.54) is 18.2 Å². The largest absolute Gasteiger partial charge is 0.507 e. The summed E-state index contributed by atoms with van der Waals surface area (Å²) in [5, 5.41) is 19.6. The van der Waals surface area contributed by atoms with Crippen molar-refractivity contribution in [2.45, 2.75) is 18.2 Å². The molecule has 0 aliphatic rings. The summed E-state index contributed by atoms with van der Waals surface area (Å²) in [6.07, 6.45) is -6.51. The number of carbonyl (C=O) groups is 1. The molecule has 0 saturated carbocycles. The van der Waals surface area contributed by atoms with Crippen LogP contribution in [-0.2, 0) is 5.60 Å². The highest BCUT2D eigenvalue weighted by molar-refractivity contribution is 5.99. The maximum Gasteiger partial charge on any atom is 0.421 e. The fourth-order valence-corrected chi connectivity index (χ4v) is 2.14.